The van der Waals surface area contributed by atoms with E-state index in [9.17, 15) is 0 Å². The summed E-state index contributed by atoms with van der Waals surface area (Å²) in [6.07, 6.45) is 0. The lowest BCUT2D eigenvalue weighted by Crippen LogP contribution is -2.28. The first-order chi connectivity index (χ1) is 13.8. The third kappa shape index (κ3) is 2.60. The minimum atomic E-state index is -0.262. The average Bonchev–Trinajstić information content (AvgIpc) is 3.07. The highest BCUT2D eigenvalue weighted by Gasteiger charge is 2.45. The lowest BCUT2D eigenvalue weighted by atomic mass is 9.68. The number of rotatable bonds is 2. The summed E-state index contributed by atoms with van der Waals surface area (Å²) in [5, 5.41) is 0. The van der Waals surface area contributed by atoms with Gasteiger partial charge in [0.15, 0.2) is 0 Å². The van der Waals surface area contributed by atoms with Crippen LogP contribution < -0.4 is 0 Å². The van der Waals surface area contributed by atoms with Gasteiger partial charge in [0.2, 0.25) is 0 Å². The van der Waals surface area contributed by atoms with Crippen molar-refractivity contribution in [1.82, 2.24) is 0 Å². The topological polar surface area (TPSA) is 0 Å². The van der Waals surface area contributed by atoms with Crippen LogP contribution in [-0.2, 0) is 5.41 Å². The summed E-state index contributed by atoms with van der Waals surface area (Å²) in [6, 6.07) is 37.6. The van der Waals surface area contributed by atoms with E-state index >= 15 is 0 Å². The molecule has 1 aliphatic carbocycles. The first-order valence-electron chi connectivity index (χ1n) is 10.1. The van der Waals surface area contributed by atoms with E-state index in [1.807, 2.05) is 13.8 Å². The van der Waals surface area contributed by atoms with Gasteiger partial charge in [0.25, 0.3) is 0 Å². The number of fused-ring (bicyclic) bond motifs is 3. The Kier molecular flexibility index (Phi) is 4.88. The summed E-state index contributed by atoms with van der Waals surface area (Å²) in [6.45, 7) is 6.17. The fraction of sp³-hybridized carbons (Fsp3) is 0.143. The van der Waals surface area contributed by atoms with Gasteiger partial charge in [-0.15, -0.1) is 0 Å². The van der Waals surface area contributed by atoms with E-state index in [1.165, 1.54) is 38.9 Å². The standard InChI is InChI=1S/C26H20.C2H6/c1-19-16-17-25-23(18-19)22-14-8-9-15-24(22)26(25,20-10-4-2-5-11-20)21-12-6-3-7-13-21;1-2/h2-18H,1H3;1-2H3. The molecule has 138 valence electrons. The molecule has 1 aliphatic rings. The zero-order valence-corrected chi connectivity index (χ0v) is 16.8. The Morgan fingerprint density at radius 1 is 0.500 bits per heavy atom. The predicted molar refractivity (Wildman–Crippen MR) is 120 cm³/mol. The van der Waals surface area contributed by atoms with Crippen LogP contribution in [0, 0.1) is 6.92 Å². The van der Waals surface area contributed by atoms with Gasteiger partial charge < -0.3 is 0 Å². The first kappa shape index (κ1) is 18.3. The summed E-state index contributed by atoms with van der Waals surface area (Å²) in [7, 11) is 0. The zero-order chi connectivity index (χ0) is 19.6. The Bertz CT molecular complexity index is 1040. The monoisotopic (exact) mass is 362 g/mol. The van der Waals surface area contributed by atoms with Crippen molar-refractivity contribution >= 4 is 0 Å². The van der Waals surface area contributed by atoms with Gasteiger partial charge >= 0.3 is 0 Å². The van der Waals surface area contributed by atoms with Crippen LogP contribution in [0.1, 0.15) is 41.7 Å². The van der Waals surface area contributed by atoms with E-state index in [4.69, 9.17) is 0 Å². The normalized spacial score (nSPS) is 13.1. The molecule has 28 heavy (non-hydrogen) atoms. The maximum atomic E-state index is 2.34. The average molecular weight is 363 g/mol. The van der Waals surface area contributed by atoms with Crippen molar-refractivity contribution in [2.75, 3.05) is 0 Å². The molecule has 4 aromatic carbocycles. The SMILES string of the molecule is CC.Cc1ccc2c(c1)-c1ccccc1C2(c1ccccc1)c1ccccc1. The van der Waals surface area contributed by atoms with Crippen molar-refractivity contribution in [3.05, 3.63) is 131 Å². The highest BCUT2D eigenvalue weighted by atomic mass is 14.5. The van der Waals surface area contributed by atoms with Gasteiger partial charge in [-0.1, -0.05) is 123 Å². The summed E-state index contributed by atoms with van der Waals surface area (Å²) in [5.74, 6) is 0. The van der Waals surface area contributed by atoms with Crippen LogP contribution in [0.25, 0.3) is 11.1 Å². The van der Waals surface area contributed by atoms with Crippen LogP contribution in [-0.4, -0.2) is 0 Å². The fourth-order valence-corrected chi connectivity index (χ4v) is 4.56. The Labute approximate surface area is 168 Å². The van der Waals surface area contributed by atoms with Crippen LogP contribution in [0.3, 0.4) is 0 Å². The molecule has 0 saturated carbocycles. The van der Waals surface area contributed by atoms with Crippen LogP contribution in [0.4, 0.5) is 0 Å². The van der Waals surface area contributed by atoms with Crippen LogP contribution >= 0.6 is 0 Å². The van der Waals surface area contributed by atoms with Crippen molar-refractivity contribution < 1.29 is 0 Å². The molecule has 0 fully saturated rings. The minimum Gasteiger partial charge on any atom is -0.0683 e. The third-order valence-electron chi connectivity index (χ3n) is 5.61. The van der Waals surface area contributed by atoms with E-state index in [-0.39, 0.29) is 5.41 Å². The second kappa shape index (κ2) is 7.48. The summed E-state index contributed by atoms with van der Waals surface area (Å²) in [4.78, 5) is 0. The Morgan fingerprint density at radius 2 is 1.00 bits per heavy atom. The second-order valence-corrected chi connectivity index (χ2v) is 7.08. The van der Waals surface area contributed by atoms with E-state index < -0.39 is 0 Å². The van der Waals surface area contributed by atoms with Crippen molar-refractivity contribution in [2.45, 2.75) is 26.2 Å². The zero-order valence-electron chi connectivity index (χ0n) is 16.8. The van der Waals surface area contributed by atoms with E-state index in [0.717, 1.165) is 0 Å². The van der Waals surface area contributed by atoms with E-state index in [2.05, 4.69) is 110 Å². The van der Waals surface area contributed by atoms with Crippen LogP contribution in [0.5, 0.6) is 0 Å². The molecule has 0 atom stereocenters. The lowest BCUT2D eigenvalue weighted by molar-refractivity contribution is 0.768. The molecule has 0 amide bonds. The smallest absolute Gasteiger partial charge is 0.0683 e. The largest absolute Gasteiger partial charge is 0.0713 e. The predicted octanol–water partition coefficient (Wildman–Crippen LogP) is 7.38. The molecule has 0 N–H and O–H groups in total. The van der Waals surface area contributed by atoms with Gasteiger partial charge in [-0.3, -0.25) is 0 Å². The van der Waals surface area contributed by atoms with E-state index in [0.29, 0.717) is 0 Å². The summed E-state index contributed by atoms with van der Waals surface area (Å²) < 4.78 is 0. The molecule has 0 heteroatoms. The summed E-state index contributed by atoms with van der Waals surface area (Å²) in [5.41, 5.74) is 9.13. The fourth-order valence-electron chi connectivity index (χ4n) is 4.56. The molecule has 5 rings (SSSR count). The maximum Gasteiger partial charge on any atom is 0.0713 e. The van der Waals surface area contributed by atoms with Gasteiger partial charge in [-0.25, -0.2) is 0 Å². The Balaban J connectivity index is 0.000000932. The molecule has 4 aromatic rings. The van der Waals surface area contributed by atoms with Gasteiger partial charge in [-0.2, -0.15) is 0 Å². The van der Waals surface area contributed by atoms with E-state index in [1.54, 1.807) is 0 Å². The third-order valence-corrected chi connectivity index (χ3v) is 5.61. The van der Waals surface area contributed by atoms with Crippen molar-refractivity contribution in [3.63, 3.8) is 0 Å². The van der Waals surface area contributed by atoms with Crippen molar-refractivity contribution in [3.8, 4) is 11.1 Å². The minimum absolute atomic E-state index is 0.262. The second-order valence-electron chi connectivity index (χ2n) is 7.08. The van der Waals surface area contributed by atoms with Crippen molar-refractivity contribution in [2.24, 2.45) is 0 Å². The molecule has 0 spiro atoms. The molecule has 0 aromatic heterocycles. The molecular weight excluding hydrogens is 336 g/mol. The van der Waals surface area contributed by atoms with Crippen LogP contribution in [0.2, 0.25) is 0 Å². The highest BCUT2D eigenvalue weighted by molar-refractivity contribution is 5.86. The Hall–Kier alpha value is -3.12. The summed E-state index contributed by atoms with van der Waals surface area (Å²) >= 11 is 0. The van der Waals surface area contributed by atoms with Crippen LogP contribution in [0.15, 0.2) is 103 Å². The molecular formula is C28H26. The number of benzene rings is 4. The highest BCUT2D eigenvalue weighted by Crippen LogP contribution is 2.55. The first-order valence-corrected chi connectivity index (χ1v) is 10.1. The van der Waals surface area contributed by atoms with Gasteiger partial charge in [0, 0.05) is 0 Å². The number of aryl methyl sites for hydroxylation is 1. The lowest BCUT2D eigenvalue weighted by Gasteiger charge is -2.33. The molecule has 0 radical (unpaired) electrons. The van der Waals surface area contributed by atoms with Crippen molar-refractivity contribution in [1.29, 1.82) is 0 Å². The molecule has 0 nitrogen and oxygen atoms in total. The van der Waals surface area contributed by atoms with Gasteiger partial charge in [-0.05, 0) is 40.3 Å². The Morgan fingerprint density at radius 3 is 1.61 bits per heavy atom. The van der Waals surface area contributed by atoms with Gasteiger partial charge in [0.05, 0.1) is 5.41 Å². The molecule has 0 unspecified atom stereocenters. The maximum absolute atomic E-state index is 2.34. The quantitative estimate of drug-likeness (QED) is 0.307. The molecule has 0 saturated heterocycles. The molecule has 0 heterocycles. The molecule has 0 aliphatic heterocycles. The molecule has 0 bridgehead atoms. The number of hydrogen-bond acceptors (Lipinski definition) is 0. The van der Waals surface area contributed by atoms with Gasteiger partial charge in [0.1, 0.15) is 0 Å². The number of hydrogen-bond donors (Lipinski definition) is 0.